The highest BCUT2D eigenvalue weighted by Crippen LogP contribution is 2.31. The van der Waals surface area contributed by atoms with E-state index < -0.39 is 6.09 Å². The minimum absolute atomic E-state index is 0.0307. The van der Waals surface area contributed by atoms with E-state index in [1.807, 2.05) is 46.2 Å². The van der Waals surface area contributed by atoms with Gasteiger partial charge in [-0.05, 0) is 59.8 Å². The Morgan fingerprint density at radius 3 is 1.90 bits per heavy atom. The maximum Gasteiger partial charge on any atom is 0.407 e. The largest absolute Gasteiger partial charge is 0.465 e. The fraction of sp³-hybridized carbons (Fsp3) is 0.452. The normalized spacial score (nSPS) is 21.4. The molecule has 3 aromatic carbocycles. The summed E-state index contributed by atoms with van der Waals surface area (Å²) in [6.07, 6.45) is 2.79. The highest BCUT2D eigenvalue weighted by Gasteiger charge is 2.35. The molecule has 0 spiro atoms. The van der Waals surface area contributed by atoms with Gasteiger partial charge in [-0.15, -0.1) is 0 Å². The van der Waals surface area contributed by atoms with E-state index in [4.69, 9.17) is 0 Å². The first-order chi connectivity index (χ1) is 19.0. The summed E-state index contributed by atoms with van der Waals surface area (Å²) in [7, 11) is 0. The molecule has 0 saturated carbocycles. The molecule has 3 saturated heterocycles. The van der Waals surface area contributed by atoms with E-state index in [2.05, 4.69) is 23.1 Å². The minimum Gasteiger partial charge on any atom is -0.465 e. The number of benzene rings is 3. The third-order valence-electron chi connectivity index (χ3n) is 8.92. The van der Waals surface area contributed by atoms with Crippen LogP contribution < -0.4 is 0 Å². The van der Waals surface area contributed by atoms with Crippen molar-refractivity contribution < 1.29 is 19.5 Å². The summed E-state index contributed by atoms with van der Waals surface area (Å²) in [6, 6.07) is 18.8. The molecule has 1 atom stereocenters. The van der Waals surface area contributed by atoms with Crippen molar-refractivity contribution in [1.82, 2.24) is 19.6 Å². The second-order valence-corrected chi connectivity index (χ2v) is 11.1. The van der Waals surface area contributed by atoms with E-state index in [1.165, 1.54) is 4.90 Å². The van der Waals surface area contributed by atoms with Crippen molar-refractivity contribution in [1.29, 1.82) is 0 Å². The van der Waals surface area contributed by atoms with Gasteiger partial charge >= 0.3 is 6.09 Å². The predicted octanol–water partition coefficient (Wildman–Crippen LogP) is 4.13. The molecular weight excluding hydrogens is 492 g/mol. The molecule has 0 bridgehead atoms. The molecule has 6 rings (SSSR count). The lowest BCUT2D eigenvalue weighted by atomic mass is 9.92. The molecule has 0 aromatic heterocycles. The van der Waals surface area contributed by atoms with E-state index in [9.17, 15) is 19.5 Å². The number of amides is 3. The van der Waals surface area contributed by atoms with Crippen LogP contribution in [0.5, 0.6) is 0 Å². The maximum absolute atomic E-state index is 13.9. The zero-order chi connectivity index (χ0) is 26.9. The fourth-order valence-corrected chi connectivity index (χ4v) is 6.75. The molecule has 3 amide bonds. The number of likely N-dealkylation sites (tertiary alicyclic amines) is 2. The molecule has 3 fully saturated rings. The average molecular weight is 529 g/mol. The first-order valence-electron chi connectivity index (χ1n) is 14.2. The van der Waals surface area contributed by atoms with Crippen LogP contribution in [0, 0.1) is 5.92 Å². The van der Waals surface area contributed by atoms with Crippen molar-refractivity contribution in [2.24, 2.45) is 5.92 Å². The summed E-state index contributed by atoms with van der Waals surface area (Å²) in [6.45, 7) is 4.90. The lowest BCUT2D eigenvalue weighted by molar-refractivity contribution is -0.139. The van der Waals surface area contributed by atoms with Crippen LogP contribution in [0.25, 0.3) is 21.5 Å². The van der Waals surface area contributed by atoms with Crippen LogP contribution >= 0.6 is 0 Å². The van der Waals surface area contributed by atoms with Gasteiger partial charge in [0.25, 0.3) is 5.91 Å². The van der Waals surface area contributed by atoms with Crippen LogP contribution in [0.15, 0.2) is 54.6 Å². The molecule has 8 nitrogen and oxygen atoms in total. The van der Waals surface area contributed by atoms with Crippen molar-refractivity contribution in [3.05, 3.63) is 60.2 Å². The molecule has 3 aromatic rings. The standard InChI is InChI=1S/C31H36N4O4/c36-29(33-16-18-34(19-17-33)31(38)39)24-8-5-13-35(21-24)25-11-14-32(15-12-25)30(37)28-26-9-3-1-6-22(26)20-23-7-2-4-10-27(23)28/h1-4,6-7,9-10,20,24-25H,5,8,11-19,21H2,(H,38,39)/t24-/m1/s1. The lowest BCUT2D eigenvalue weighted by Gasteiger charge is -2.43. The maximum atomic E-state index is 13.9. The Morgan fingerprint density at radius 1 is 0.692 bits per heavy atom. The van der Waals surface area contributed by atoms with Crippen LogP contribution in [0.1, 0.15) is 36.0 Å². The van der Waals surface area contributed by atoms with E-state index in [-0.39, 0.29) is 17.7 Å². The third kappa shape index (κ3) is 5.05. The number of carbonyl (C=O) groups is 3. The number of fused-ring (bicyclic) bond motifs is 2. The second kappa shape index (κ2) is 10.8. The van der Waals surface area contributed by atoms with Gasteiger partial charge < -0.3 is 19.8 Å². The lowest BCUT2D eigenvalue weighted by Crippen LogP contribution is -2.55. The fourth-order valence-electron chi connectivity index (χ4n) is 6.75. The molecule has 0 unspecified atom stereocenters. The number of carboxylic acid groups (broad SMARTS) is 1. The predicted molar refractivity (Wildman–Crippen MR) is 151 cm³/mol. The van der Waals surface area contributed by atoms with Gasteiger partial charge in [-0.3, -0.25) is 14.5 Å². The summed E-state index contributed by atoms with van der Waals surface area (Å²) in [5.74, 6) is 0.241. The average Bonchev–Trinajstić information content (AvgIpc) is 2.99. The smallest absolute Gasteiger partial charge is 0.407 e. The Balaban J connectivity index is 1.10. The molecular formula is C31H36N4O4. The zero-order valence-corrected chi connectivity index (χ0v) is 22.3. The Labute approximate surface area is 228 Å². The van der Waals surface area contributed by atoms with Gasteiger partial charge in [0.1, 0.15) is 0 Å². The van der Waals surface area contributed by atoms with E-state index in [1.54, 1.807) is 0 Å². The van der Waals surface area contributed by atoms with E-state index in [0.717, 1.165) is 65.9 Å². The number of carbonyl (C=O) groups excluding carboxylic acids is 2. The van der Waals surface area contributed by atoms with Crippen molar-refractivity contribution in [3.8, 4) is 0 Å². The summed E-state index contributed by atoms with van der Waals surface area (Å²) in [5, 5.41) is 13.4. The van der Waals surface area contributed by atoms with Gasteiger partial charge in [-0.2, -0.15) is 0 Å². The number of hydrogen-bond donors (Lipinski definition) is 1. The Hall–Kier alpha value is -3.65. The molecule has 8 heteroatoms. The molecule has 3 aliphatic heterocycles. The Bertz CT molecular complexity index is 1340. The monoisotopic (exact) mass is 528 g/mol. The molecule has 3 aliphatic rings. The highest BCUT2D eigenvalue weighted by atomic mass is 16.4. The second-order valence-electron chi connectivity index (χ2n) is 11.1. The molecule has 0 aliphatic carbocycles. The molecule has 0 radical (unpaired) electrons. The van der Waals surface area contributed by atoms with Gasteiger partial charge in [0.05, 0.1) is 11.5 Å². The summed E-state index contributed by atoms with van der Waals surface area (Å²) < 4.78 is 0. The number of piperazine rings is 1. The van der Waals surface area contributed by atoms with Crippen LogP contribution in [-0.4, -0.2) is 101 Å². The summed E-state index contributed by atoms with van der Waals surface area (Å²) in [5.41, 5.74) is 0.800. The topological polar surface area (TPSA) is 84.4 Å². The summed E-state index contributed by atoms with van der Waals surface area (Å²) in [4.78, 5) is 46.1. The first-order valence-corrected chi connectivity index (χ1v) is 14.2. The Kier molecular flexibility index (Phi) is 7.12. The van der Waals surface area contributed by atoms with Gasteiger partial charge in [0.15, 0.2) is 0 Å². The first kappa shape index (κ1) is 25.6. The Morgan fingerprint density at radius 2 is 1.28 bits per heavy atom. The van der Waals surface area contributed by atoms with Gasteiger partial charge in [0.2, 0.25) is 5.91 Å². The zero-order valence-electron chi connectivity index (χ0n) is 22.3. The number of hydrogen-bond acceptors (Lipinski definition) is 4. The van der Waals surface area contributed by atoms with Gasteiger partial charge in [0, 0.05) is 51.9 Å². The van der Waals surface area contributed by atoms with E-state index >= 15 is 0 Å². The number of nitrogens with zero attached hydrogens (tertiary/aromatic N) is 4. The van der Waals surface area contributed by atoms with Crippen LogP contribution in [0.2, 0.25) is 0 Å². The quantitative estimate of drug-likeness (QED) is 0.517. The van der Waals surface area contributed by atoms with Crippen molar-refractivity contribution >= 4 is 39.5 Å². The number of piperidine rings is 2. The molecule has 39 heavy (non-hydrogen) atoms. The molecule has 204 valence electrons. The van der Waals surface area contributed by atoms with E-state index in [0.29, 0.717) is 45.3 Å². The molecule has 1 N–H and O–H groups in total. The summed E-state index contributed by atoms with van der Waals surface area (Å²) >= 11 is 0. The third-order valence-corrected chi connectivity index (χ3v) is 8.92. The van der Waals surface area contributed by atoms with Crippen molar-refractivity contribution in [2.45, 2.75) is 31.7 Å². The van der Waals surface area contributed by atoms with Crippen LogP contribution in [-0.2, 0) is 4.79 Å². The van der Waals surface area contributed by atoms with Gasteiger partial charge in [-0.1, -0.05) is 48.5 Å². The highest BCUT2D eigenvalue weighted by molar-refractivity contribution is 6.18. The number of rotatable bonds is 3. The minimum atomic E-state index is -0.913. The van der Waals surface area contributed by atoms with Crippen LogP contribution in [0.3, 0.4) is 0 Å². The van der Waals surface area contributed by atoms with Crippen LogP contribution in [0.4, 0.5) is 4.79 Å². The van der Waals surface area contributed by atoms with Crippen molar-refractivity contribution in [3.63, 3.8) is 0 Å². The van der Waals surface area contributed by atoms with Crippen molar-refractivity contribution in [2.75, 3.05) is 52.4 Å². The van der Waals surface area contributed by atoms with Gasteiger partial charge in [-0.25, -0.2) is 4.79 Å². The molecule has 3 heterocycles. The SMILES string of the molecule is O=C(O)N1CCN(C(=O)[C@@H]2CCCN(C3CCN(C(=O)c4c5ccccc5cc5ccccc45)CC3)C2)CC1.